The first-order chi connectivity index (χ1) is 4.54. The zero-order valence-corrected chi connectivity index (χ0v) is 5.73. The van der Waals surface area contributed by atoms with Gasteiger partial charge in [0.2, 0.25) is 0 Å². The van der Waals surface area contributed by atoms with Crippen LogP contribution in [0.1, 0.15) is 6.92 Å². The van der Waals surface area contributed by atoms with Crippen molar-refractivity contribution in [3.63, 3.8) is 0 Å². The maximum absolute atomic E-state index is 8.79. The van der Waals surface area contributed by atoms with Gasteiger partial charge in [0.1, 0.15) is 6.23 Å². The highest BCUT2D eigenvalue weighted by Crippen LogP contribution is 1.86. The van der Waals surface area contributed by atoms with Gasteiger partial charge in [-0.25, -0.2) is 0 Å². The Hall–Kier alpha value is -0.200. The Bertz CT molecular complexity index is 85.7. The van der Waals surface area contributed by atoms with E-state index in [-0.39, 0.29) is 6.54 Å². The van der Waals surface area contributed by atoms with Gasteiger partial charge in [-0.1, -0.05) is 0 Å². The SMILES string of the molecule is CC(O)C(O)NCC(O)O. The highest BCUT2D eigenvalue weighted by atomic mass is 16.5. The summed E-state index contributed by atoms with van der Waals surface area (Å²) in [5.41, 5.74) is 0. The molecule has 5 heteroatoms. The van der Waals surface area contributed by atoms with Crippen LogP contribution in [0.3, 0.4) is 0 Å². The topological polar surface area (TPSA) is 93.0 Å². The molecule has 2 atom stereocenters. The van der Waals surface area contributed by atoms with Crippen LogP contribution >= 0.6 is 0 Å². The molecule has 0 aromatic heterocycles. The van der Waals surface area contributed by atoms with Gasteiger partial charge in [-0.15, -0.1) is 0 Å². The van der Waals surface area contributed by atoms with E-state index in [2.05, 4.69) is 5.32 Å². The average molecular weight is 151 g/mol. The van der Waals surface area contributed by atoms with Crippen molar-refractivity contribution in [1.29, 1.82) is 0 Å². The molecule has 0 radical (unpaired) electrons. The predicted molar refractivity (Wildman–Crippen MR) is 33.9 cm³/mol. The van der Waals surface area contributed by atoms with Crippen LogP contribution in [0.5, 0.6) is 0 Å². The molecule has 0 aliphatic rings. The maximum Gasteiger partial charge on any atom is 0.164 e. The van der Waals surface area contributed by atoms with Gasteiger partial charge in [0.15, 0.2) is 6.29 Å². The molecule has 5 N–H and O–H groups in total. The van der Waals surface area contributed by atoms with Crippen molar-refractivity contribution < 1.29 is 20.4 Å². The van der Waals surface area contributed by atoms with Crippen molar-refractivity contribution in [3.8, 4) is 0 Å². The Balaban J connectivity index is 3.30. The van der Waals surface area contributed by atoms with Gasteiger partial charge in [-0.05, 0) is 6.92 Å². The van der Waals surface area contributed by atoms with E-state index in [0.29, 0.717) is 0 Å². The Morgan fingerprint density at radius 1 is 1.20 bits per heavy atom. The van der Waals surface area contributed by atoms with E-state index in [1.807, 2.05) is 0 Å². The van der Waals surface area contributed by atoms with Crippen LogP contribution in [-0.4, -0.2) is 45.6 Å². The molecule has 2 unspecified atom stereocenters. The number of hydrogen-bond donors (Lipinski definition) is 5. The lowest BCUT2D eigenvalue weighted by atomic mass is 10.3. The lowest BCUT2D eigenvalue weighted by Gasteiger charge is -2.15. The summed E-state index contributed by atoms with van der Waals surface area (Å²) in [5, 5.41) is 36.3. The summed E-state index contributed by atoms with van der Waals surface area (Å²) in [7, 11) is 0. The summed E-state index contributed by atoms with van der Waals surface area (Å²) in [6, 6.07) is 0. The van der Waals surface area contributed by atoms with Crippen LogP contribution in [0.15, 0.2) is 0 Å². The Labute approximate surface area is 58.9 Å². The average Bonchev–Trinajstić information content (AvgIpc) is 1.82. The minimum Gasteiger partial charge on any atom is -0.389 e. The molecule has 0 heterocycles. The second-order valence-corrected chi connectivity index (χ2v) is 2.07. The molecule has 0 aliphatic carbocycles. The molecule has 0 aromatic carbocycles. The molecule has 0 saturated heterocycles. The van der Waals surface area contributed by atoms with E-state index in [9.17, 15) is 0 Å². The van der Waals surface area contributed by atoms with Gasteiger partial charge in [-0.2, -0.15) is 0 Å². The third kappa shape index (κ3) is 4.66. The smallest absolute Gasteiger partial charge is 0.164 e. The van der Waals surface area contributed by atoms with E-state index >= 15 is 0 Å². The summed E-state index contributed by atoms with van der Waals surface area (Å²) in [6.07, 6.45) is -3.53. The fourth-order valence-electron chi connectivity index (χ4n) is 0.397. The lowest BCUT2D eigenvalue weighted by Crippen LogP contribution is -2.41. The quantitative estimate of drug-likeness (QED) is 0.288. The summed E-state index contributed by atoms with van der Waals surface area (Å²) in [4.78, 5) is 0. The van der Waals surface area contributed by atoms with E-state index < -0.39 is 18.6 Å². The first-order valence-electron chi connectivity index (χ1n) is 2.99. The summed E-state index contributed by atoms with van der Waals surface area (Å²) >= 11 is 0. The van der Waals surface area contributed by atoms with Gasteiger partial charge in [0.25, 0.3) is 0 Å². The van der Waals surface area contributed by atoms with E-state index in [4.69, 9.17) is 20.4 Å². The molecule has 62 valence electrons. The Kier molecular flexibility index (Phi) is 4.50. The van der Waals surface area contributed by atoms with Crippen LogP contribution in [0.4, 0.5) is 0 Å². The normalized spacial score (nSPS) is 17.4. The Morgan fingerprint density at radius 2 is 1.70 bits per heavy atom. The van der Waals surface area contributed by atoms with Crippen molar-refractivity contribution in [2.75, 3.05) is 6.54 Å². The second kappa shape index (κ2) is 4.59. The number of nitrogens with one attached hydrogen (secondary N) is 1. The number of aliphatic hydroxyl groups excluding tert-OH is 3. The first kappa shape index (κ1) is 9.80. The molecule has 0 aliphatic heterocycles. The van der Waals surface area contributed by atoms with Crippen LogP contribution in [0.25, 0.3) is 0 Å². The highest BCUT2D eigenvalue weighted by molar-refractivity contribution is 4.59. The third-order valence-electron chi connectivity index (χ3n) is 0.967. The monoisotopic (exact) mass is 151 g/mol. The van der Waals surface area contributed by atoms with Crippen molar-refractivity contribution in [1.82, 2.24) is 5.32 Å². The molecule has 0 rings (SSSR count). The van der Waals surface area contributed by atoms with E-state index in [1.54, 1.807) is 0 Å². The molecule has 0 fully saturated rings. The summed E-state index contributed by atoms with van der Waals surface area (Å²) in [5.74, 6) is 0. The minimum absolute atomic E-state index is 0.161. The largest absolute Gasteiger partial charge is 0.389 e. The molecule has 0 spiro atoms. The number of aliphatic hydroxyl groups is 4. The van der Waals surface area contributed by atoms with Crippen molar-refractivity contribution in [2.24, 2.45) is 0 Å². The molecule has 0 amide bonds. The Morgan fingerprint density at radius 3 is 2.00 bits per heavy atom. The standard InChI is InChI=1S/C5H13NO4/c1-3(7)5(10)6-2-4(8)9/h3-10H,2H2,1H3. The second-order valence-electron chi connectivity index (χ2n) is 2.07. The summed E-state index contributed by atoms with van der Waals surface area (Å²) < 4.78 is 0. The molecule has 5 nitrogen and oxygen atoms in total. The third-order valence-corrected chi connectivity index (χ3v) is 0.967. The molecule has 0 saturated carbocycles. The van der Waals surface area contributed by atoms with Crippen LogP contribution in [0, 0.1) is 0 Å². The van der Waals surface area contributed by atoms with E-state index in [0.717, 1.165) is 0 Å². The molecular weight excluding hydrogens is 138 g/mol. The van der Waals surface area contributed by atoms with Crippen molar-refractivity contribution in [2.45, 2.75) is 25.5 Å². The highest BCUT2D eigenvalue weighted by Gasteiger charge is 2.10. The number of rotatable bonds is 4. The van der Waals surface area contributed by atoms with Gasteiger partial charge >= 0.3 is 0 Å². The van der Waals surface area contributed by atoms with Crippen LogP contribution < -0.4 is 5.32 Å². The van der Waals surface area contributed by atoms with Crippen LogP contribution in [0.2, 0.25) is 0 Å². The lowest BCUT2D eigenvalue weighted by molar-refractivity contribution is -0.0591. The van der Waals surface area contributed by atoms with Gasteiger partial charge in [0, 0.05) is 6.54 Å². The van der Waals surface area contributed by atoms with Crippen molar-refractivity contribution >= 4 is 0 Å². The molecule has 10 heavy (non-hydrogen) atoms. The maximum atomic E-state index is 8.79. The molecule has 0 aromatic rings. The fourth-order valence-corrected chi connectivity index (χ4v) is 0.397. The zero-order valence-electron chi connectivity index (χ0n) is 5.73. The van der Waals surface area contributed by atoms with Crippen LogP contribution in [-0.2, 0) is 0 Å². The van der Waals surface area contributed by atoms with E-state index in [1.165, 1.54) is 6.92 Å². The summed E-state index contributed by atoms with van der Waals surface area (Å²) in [6.45, 7) is 1.23. The zero-order chi connectivity index (χ0) is 8.15. The number of hydrogen-bond acceptors (Lipinski definition) is 5. The fraction of sp³-hybridized carbons (Fsp3) is 1.00. The molecular formula is C5H13NO4. The van der Waals surface area contributed by atoms with Gasteiger partial charge in [-0.3, -0.25) is 5.32 Å². The van der Waals surface area contributed by atoms with Gasteiger partial charge in [0.05, 0.1) is 6.10 Å². The van der Waals surface area contributed by atoms with Crippen molar-refractivity contribution in [3.05, 3.63) is 0 Å². The minimum atomic E-state index is -1.51. The predicted octanol–water partition coefficient (Wildman–Crippen LogP) is -2.41. The van der Waals surface area contributed by atoms with Gasteiger partial charge < -0.3 is 20.4 Å². The molecule has 0 bridgehead atoms. The first-order valence-corrected chi connectivity index (χ1v) is 2.99.